The number of aromatic nitrogens is 2. The van der Waals surface area contributed by atoms with Gasteiger partial charge in [0.15, 0.2) is 6.23 Å². The molecule has 2 rings (SSSR count). The van der Waals surface area contributed by atoms with Gasteiger partial charge in [0.25, 0.3) is 13.1 Å². The van der Waals surface area contributed by atoms with Crippen molar-refractivity contribution in [2.45, 2.75) is 58.7 Å². The molecule has 0 amide bonds. The van der Waals surface area contributed by atoms with Crippen molar-refractivity contribution in [2.24, 2.45) is 0 Å². The van der Waals surface area contributed by atoms with E-state index in [-0.39, 0.29) is 24.4 Å². The van der Waals surface area contributed by atoms with E-state index >= 15 is 0 Å². The Morgan fingerprint density at radius 3 is 2.46 bits per heavy atom. The van der Waals surface area contributed by atoms with E-state index in [1.165, 1.54) is 10.8 Å². The van der Waals surface area contributed by atoms with E-state index < -0.39 is 25.0 Å². The van der Waals surface area contributed by atoms with E-state index in [0.717, 1.165) is 0 Å². The first-order valence-electron chi connectivity index (χ1n) is 9.59. The maximum absolute atomic E-state index is 13.1. The van der Waals surface area contributed by atoms with Gasteiger partial charge in [-0.15, -0.1) is 0 Å². The Bertz CT molecular complexity index is 820. The van der Waals surface area contributed by atoms with E-state index in [0.29, 0.717) is 18.7 Å². The zero-order chi connectivity index (χ0) is 21.2. The summed E-state index contributed by atoms with van der Waals surface area (Å²) in [5.41, 5.74) is -0.615. The van der Waals surface area contributed by atoms with Crippen molar-refractivity contribution >= 4 is 7.52 Å². The first-order chi connectivity index (χ1) is 13.0. The summed E-state index contributed by atoms with van der Waals surface area (Å²) in [6.07, 6.45) is 0.602. The van der Waals surface area contributed by atoms with Gasteiger partial charge >= 0.3 is 5.69 Å². The number of ether oxygens (including phenoxy) is 1. The molecule has 1 fully saturated rings. The summed E-state index contributed by atoms with van der Waals surface area (Å²) >= 11 is 0. The van der Waals surface area contributed by atoms with Crippen LogP contribution in [0.5, 0.6) is 0 Å². The van der Waals surface area contributed by atoms with Crippen molar-refractivity contribution in [3.63, 3.8) is 0 Å². The van der Waals surface area contributed by atoms with Gasteiger partial charge in [0.1, 0.15) is 0 Å². The van der Waals surface area contributed by atoms with Crippen LogP contribution in [0.4, 0.5) is 0 Å². The Kier molecular flexibility index (Phi) is 7.44. The minimum absolute atomic E-state index is 0.146. The standard InChI is InChI=1S/C18H33N4O5P/c1-12(2)21-9-15(11-26-28(25,13(3)4)20(6)7)27-16(10-21)22-8-14(5)17(23)19-18(22)24/h8,12-13,15-16H,9-11H2,1-7H3,(H,19,23,24)/t15-,16+,28?/m0/s1. The third-order valence-corrected chi connectivity index (χ3v) is 7.96. The van der Waals surface area contributed by atoms with E-state index in [9.17, 15) is 14.2 Å². The Balaban J connectivity index is 2.25. The minimum Gasteiger partial charge on any atom is -0.350 e. The van der Waals surface area contributed by atoms with Gasteiger partial charge in [-0.25, -0.2) is 9.46 Å². The van der Waals surface area contributed by atoms with Gasteiger partial charge in [0.05, 0.1) is 12.7 Å². The molecular formula is C18H33N4O5P. The van der Waals surface area contributed by atoms with Gasteiger partial charge in [0.2, 0.25) is 0 Å². The molecule has 1 saturated heterocycles. The largest absolute Gasteiger partial charge is 0.350 e. The summed E-state index contributed by atoms with van der Waals surface area (Å²) in [7, 11) is 0.519. The highest BCUT2D eigenvalue weighted by Crippen LogP contribution is 2.53. The molecule has 2 heterocycles. The quantitative estimate of drug-likeness (QED) is 0.675. The maximum Gasteiger partial charge on any atom is 0.330 e. The number of rotatable bonds is 7. The van der Waals surface area contributed by atoms with Crippen molar-refractivity contribution in [2.75, 3.05) is 33.8 Å². The zero-order valence-corrected chi connectivity index (χ0v) is 18.7. The third-order valence-electron chi connectivity index (χ3n) is 5.02. The van der Waals surface area contributed by atoms with E-state index in [1.807, 2.05) is 13.8 Å². The highest BCUT2D eigenvalue weighted by molar-refractivity contribution is 7.57. The maximum atomic E-state index is 13.1. The van der Waals surface area contributed by atoms with Crippen molar-refractivity contribution in [1.29, 1.82) is 0 Å². The van der Waals surface area contributed by atoms with Gasteiger partial charge < -0.3 is 9.26 Å². The van der Waals surface area contributed by atoms with Gasteiger partial charge in [-0.05, 0) is 34.9 Å². The topological polar surface area (TPSA) is 96.9 Å². The molecule has 28 heavy (non-hydrogen) atoms. The highest BCUT2D eigenvalue weighted by atomic mass is 31.2. The summed E-state index contributed by atoms with van der Waals surface area (Å²) in [6.45, 7) is 10.8. The van der Waals surface area contributed by atoms with Crippen LogP contribution in [0.25, 0.3) is 0 Å². The minimum atomic E-state index is -2.97. The zero-order valence-electron chi connectivity index (χ0n) is 17.8. The van der Waals surface area contributed by atoms with Crippen LogP contribution in [-0.2, 0) is 13.8 Å². The average molecular weight is 416 g/mol. The summed E-state index contributed by atoms with van der Waals surface area (Å²) in [6, 6.07) is 0.235. The Morgan fingerprint density at radius 2 is 1.93 bits per heavy atom. The van der Waals surface area contributed by atoms with Crippen LogP contribution in [0.2, 0.25) is 0 Å². The van der Waals surface area contributed by atoms with E-state index in [2.05, 4.69) is 23.7 Å². The molecule has 0 spiro atoms. The number of H-pyrrole nitrogens is 1. The van der Waals surface area contributed by atoms with E-state index in [4.69, 9.17) is 9.26 Å². The lowest BCUT2D eigenvalue weighted by Crippen LogP contribution is -2.52. The Labute approximate surface area is 166 Å². The molecule has 0 radical (unpaired) electrons. The van der Waals surface area contributed by atoms with Gasteiger partial charge in [-0.1, -0.05) is 13.8 Å². The Morgan fingerprint density at radius 1 is 1.29 bits per heavy atom. The molecule has 1 aliphatic heterocycles. The highest BCUT2D eigenvalue weighted by Gasteiger charge is 2.35. The lowest BCUT2D eigenvalue weighted by molar-refractivity contribution is -0.139. The average Bonchev–Trinajstić information content (AvgIpc) is 2.61. The number of nitrogens with zero attached hydrogens (tertiary/aromatic N) is 3. The molecule has 1 aromatic heterocycles. The lowest BCUT2D eigenvalue weighted by Gasteiger charge is -2.41. The summed E-state index contributed by atoms with van der Waals surface area (Å²) in [4.78, 5) is 28.5. The van der Waals surface area contributed by atoms with Crippen LogP contribution in [0.1, 0.15) is 39.5 Å². The van der Waals surface area contributed by atoms with Crippen LogP contribution in [0.15, 0.2) is 15.8 Å². The lowest BCUT2D eigenvalue weighted by atomic mass is 10.2. The molecular weight excluding hydrogens is 383 g/mol. The number of hydrogen-bond acceptors (Lipinski definition) is 6. The predicted molar refractivity (Wildman–Crippen MR) is 109 cm³/mol. The summed E-state index contributed by atoms with van der Waals surface area (Å²) in [5, 5.41) is 0. The number of morpholine rings is 1. The molecule has 1 N–H and O–H groups in total. The van der Waals surface area contributed by atoms with Crippen LogP contribution in [-0.4, -0.2) is 70.7 Å². The molecule has 9 nitrogen and oxygen atoms in total. The van der Waals surface area contributed by atoms with Gasteiger partial charge in [-0.3, -0.25) is 23.8 Å². The molecule has 0 bridgehead atoms. The molecule has 0 aromatic carbocycles. The SMILES string of the molecule is Cc1cn([C@H]2CN(C(C)C)C[C@@H](COP(=O)(C(C)C)N(C)C)O2)c(=O)[nH]c1=O. The Hall–Kier alpha value is -1.25. The first-order valence-corrected chi connectivity index (χ1v) is 11.2. The molecule has 3 atom stereocenters. The molecule has 1 aromatic rings. The smallest absolute Gasteiger partial charge is 0.330 e. The van der Waals surface area contributed by atoms with Crippen molar-refractivity contribution in [1.82, 2.24) is 19.1 Å². The number of nitrogens with one attached hydrogen (secondary N) is 1. The molecule has 0 aliphatic carbocycles. The monoisotopic (exact) mass is 416 g/mol. The van der Waals surface area contributed by atoms with Crippen molar-refractivity contribution in [3.05, 3.63) is 32.6 Å². The first kappa shape index (κ1) is 23.0. The molecule has 1 unspecified atom stereocenters. The van der Waals surface area contributed by atoms with Crippen LogP contribution in [0, 0.1) is 6.92 Å². The van der Waals surface area contributed by atoms with E-state index in [1.54, 1.807) is 25.7 Å². The number of aromatic amines is 1. The molecule has 1 aliphatic rings. The number of hydrogen-bond donors (Lipinski definition) is 1. The van der Waals surface area contributed by atoms with Crippen LogP contribution >= 0.6 is 7.52 Å². The second-order valence-corrected chi connectivity index (χ2v) is 11.3. The van der Waals surface area contributed by atoms with Crippen molar-refractivity contribution in [3.8, 4) is 0 Å². The second-order valence-electron chi connectivity index (χ2n) is 8.04. The molecule has 10 heteroatoms. The normalized spacial score (nSPS) is 23.5. The van der Waals surface area contributed by atoms with Crippen LogP contribution < -0.4 is 11.2 Å². The third kappa shape index (κ3) is 5.02. The number of aryl methyl sites for hydroxylation is 1. The van der Waals surface area contributed by atoms with Gasteiger partial charge in [0, 0.05) is 36.6 Å². The van der Waals surface area contributed by atoms with Crippen LogP contribution in [0.3, 0.4) is 0 Å². The fourth-order valence-electron chi connectivity index (χ4n) is 3.23. The fraction of sp³-hybridized carbons (Fsp3) is 0.778. The predicted octanol–water partition coefficient (Wildman–Crippen LogP) is 1.63. The fourth-order valence-corrected chi connectivity index (χ4v) is 5.06. The second kappa shape index (κ2) is 9.05. The van der Waals surface area contributed by atoms with Gasteiger partial charge in [-0.2, -0.15) is 0 Å². The summed E-state index contributed by atoms with van der Waals surface area (Å²) < 4.78 is 28.1. The molecule has 0 saturated carbocycles. The summed E-state index contributed by atoms with van der Waals surface area (Å²) in [5.74, 6) is 0. The van der Waals surface area contributed by atoms with Crippen molar-refractivity contribution < 1.29 is 13.8 Å². The molecule has 160 valence electrons.